The Hall–Kier alpha value is -5.19. The molecule has 208 valence electrons. The van der Waals surface area contributed by atoms with Crippen molar-refractivity contribution in [3.8, 4) is 28.8 Å². The lowest BCUT2D eigenvalue weighted by molar-refractivity contribution is -0.141. The number of aryl methyl sites for hydroxylation is 1. The number of rotatable bonds is 8. The van der Waals surface area contributed by atoms with Crippen molar-refractivity contribution >= 4 is 29.5 Å². The highest BCUT2D eigenvalue weighted by Gasteiger charge is 2.36. The summed E-state index contributed by atoms with van der Waals surface area (Å²) in [5, 5.41) is 15.2. The first-order valence-corrected chi connectivity index (χ1v) is 13.6. The number of nitrogens with zero attached hydrogens (tertiary/aromatic N) is 4. The van der Waals surface area contributed by atoms with Gasteiger partial charge in [0.05, 0.1) is 12.2 Å². The zero-order valence-corrected chi connectivity index (χ0v) is 23.9. The van der Waals surface area contributed by atoms with E-state index in [1.54, 1.807) is 48.0 Å². The number of hydrogen-bond donors (Lipinski definition) is 0. The van der Waals surface area contributed by atoms with E-state index in [-0.39, 0.29) is 17.7 Å². The Morgan fingerprint density at radius 2 is 1.76 bits per heavy atom. The molecule has 0 aliphatic carbocycles. The first-order valence-electron chi connectivity index (χ1n) is 13.2. The van der Waals surface area contributed by atoms with Gasteiger partial charge in [0.2, 0.25) is 0 Å². The van der Waals surface area contributed by atoms with Gasteiger partial charge in [-0.25, -0.2) is 4.68 Å². The molecule has 0 saturated carbocycles. The number of halogens is 1. The lowest BCUT2D eigenvalue weighted by atomic mass is 9.92. The summed E-state index contributed by atoms with van der Waals surface area (Å²) in [6, 6.07) is 24.3. The monoisotopic (exact) mass is 574 g/mol. The third-order valence-electron chi connectivity index (χ3n) is 7.00. The van der Waals surface area contributed by atoms with Gasteiger partial charge < -0.3 is 4.74 Å². The SMILES string of the molecule is C=CCOc1ccc(-c2nn(-c3ccccc3)cc2/C=C2/C(=O)N(Cc3ccccc3Cl)C(=O)C(C#N)=C2C)c(C)c1. The van der Waals surface area contributed by atoms with Crippen molar-refractivity contribution in [3.63, 3.8) is 0 Å². The maximum absolute atomic E-state index is 13.9. The molecule has 42 heavy (non-hydrogen) atoms. The van der Waals surface area contributed by atoms with Gasteiger partial charge in [-0.05, 0) is 73.0 Å². The number of carbonyl (C=O) groups excluding carboxylic acids is 2. The molecular formula is C34H27ClN4O3. The summed E-state index contributed by atoms with van der Waals surface area (Å²) in [5.74, 6) is -0.463. The highest BCUT2D eigenvalue weighted by atomic mass is 35.5. The largest absolute Gasteiger partial charge is 0.490 e. The van der Waals surface area contributed by atoms with Crippen molar-refractivity contribution < 1.29 is 14.3 Å². The van der Waals surface area contributed by atoms with Crippen LogP contribution in [0.4, 0.5) is 0 Å². The zero-order chi connectivity index (χ0) is 29.8. The first-order chi connectivity index (χ1) is 20.3. The van der Waals surface area contributed by atoms with Gasteiger partial charge in [-0.1, -0.05) is 60.7 Å². The molecule has 0 bridgehead atoms. The van der Waals surface area contributed by atoms with Crippen LogP contribution in [0, 0.1) is 18.3 Å². The molecule has 1 aliphatic rings. The minimum atomic E-state index is -0.650. The normalized spacial score (nSPS) is 14.3. The van der Waals surface area contributed by atoms with Gasteiger partial charge in [0.1, 0.15) is 29.7 Å². The fraction of sp³-hybridized carbons (Fsp3) is 0.118. The maximum Gasteiger partial charge on any atom is 0.271 e. The molecule has 0 fully saturated rings. The van der Waals surface area contributed by atoms with Crippen LogP contribution in [-0.2, 0) is 16.1 Å². The summed E-state index contributed by atoms with van der Waals surface area (Å²) in [5.41, 5.74) is 4.93. The van der Waals surface area contributed by atoms with Crippen molar-refractivity contribution in [2.45, 2.75) is 20.4 Å². The molecule has 2 amide bonds. The molecule has 0 N–H and O–H groups in total. The number of aromatic nitrogens is 2. The van der Waals surface area contributed by atoms with Crippen LogP contribution < -0.4 is 4.74 Å². The Balaban J connectivity index is 1.65. The summed E-state index contributed by atoms with van der Waals surface area (Å²) in [6.45, 7) is 7.60. The van der Waals surface area contributed by atoms with Crippen LogP contribution in [0.1, 0.15) is 23.6 Å². The van der Waals surface area contributed by atoms with E-state index in [2.05, 4.69) is 6.58 Å². The summed E-state index contributed by atoms with van der Waals surface area (Å²) in [6.07, 6.45) is 5.21. The highest BCUT2D eigenvalue weighted by Crippen LogP contribution is 2.34. The lowest BCUT2D eigenvalue weighted by Gasteiger charge is -2.27. The van der Waals surface area contributed by atoms with Crippen molar-refractivity contribution in [1.29, 1.82) is 5.26 Å². The molecule has 1 aliphatic heterocycles. The number of ether oxygens (including phenoxy) is 1. The molecule has 1 aromatic heterocycles. The Labute approximate surface area is 249 Å². The Kier molecular flexibility index (Phi) is 8.19. The number of carbonyl (C=O) groups is 2. The van der Waals surface area contributed by atoms with Crippen LogP contribution in [0.25, 0.3) is 23.0 Å². The van der Waals surface area contributed by atoms with Crippen LogP contribution in [0.2, 0.25) is 5.02 Å². The van der Waals surface area contributed by atoms with Gasteiger partial charge in [0.25, 0.3) is 11.8 Å². The second-order valence-corrected chi connectivity index (χ2v) is 10.2. The summed E-state index contributed by atoms with van der Waals surface area (Å²) < 4.78 is 7.44. The smallest absolute Gasteiger partial charge is 0.271 e. The Bertz CT molecular complexity index is 1810. The van der Waals surface area contributed by atoms with E-state index in [1.807, 2.05) is 67.7 Å². The quantitative estimate of drug-likeness (QED) is 0.130. The molecule has 0 unspecified atom stereocenters. The fourth-order valence-corrected chi connectivity index (χ4v) is 4.98. The van der Waals surface area contributed by atoms with E-state index >= 15 is 0 Å². The van der Waals surface area contributed by atoms with E-state index in [4.69, 9.17) is 21.4 Å². The molecule has 4 aromatic rings. The summed E-state index contributed by atoms with van der Waals surface area (Å²) >= 11 is 6.34. The zero-order valence-electron chi connectivity index (χ0n) is 23.2. The van der Waals surface area contributed by atoms with Crippen LogP contribution in [0.3, 0.4) is 0 Å². The number of para-hydroxylation sites is 1. The van der Waals surface area contributed by atoms with Crippen molar-refractivity contribution in [3.05, 3.63) is 130 Å². The van der Waals surface area contributed by atoms with Crippen LogP contribution >= 0.6 is 11.6 Å². The van der Waals surface area contributed by atoms with Crippen molar-refractivity contribution in [2.24, 2.45) is 0 Å². The summed E-state index contributed by atoms with van der Waals surface area (Å²) in [4.78, 5) is 28.2. The van der Waals surface area contributed by atoms with Gasteiger partial charge in [0.15, 0.2) is 0 Å². The molecule has 7 nitrogen and oxygen atoms in total. The van der Waals surface area contributed by atoms with E-state index in [1.165, 1.54) is 0 Å². The number of amides is 2. The molecule has 8 heteroatoms. The minimum absolute atomic E-state index is 0.0610. The second kappa shape index (κ2) is 12.1. The van der Waals surface area contributed by atoms with Crippen LogP contribution in [0.15, 0.2) is 108 Å². The molecule has 0 atom stereocenters. The van der Waals surface area contributed by atoms with Gasteiger partial charge in [-0.3, -0.25) is 14.5 Å². The fourth-order valence-electron chi connectivity index (χ4n) is 4.79. The summed E-state index contributed by atoms with van der Waals surface area (Å²) in [7, 11) is 0. The van der Waals surface area contributed by atoms with E-state index in [0.29, 0.717) is 39.8 Å². The molecule has 5 rings (SSSR count). The van der Waals surface area contributed by atoms with Crippen LogP contribution in [0.5, 0.6) is 5.75 Å². The molecule has 0 spiro atoms. The van der Waals surface area contributed by atoms with Gasteiger partial charge >= 0.3 is 0 Å². The molecule has 2 heterocycles. The highest BCUT2D eigenvalue weighted by molar-refractivity contribution is 6.31. The van der Waals surface area contributed by atoms with Gasteiger partial charge in [-0.15, -0.1) is 0 Å². The molecule has 3 aromatic carbocycles. The van der Waals surface area contributed by atoms with Gasteiger partial charge in [-0.2, -0.15) is 10.4 Å². The molecule has 0 radical (unpaired) electrons. The average molecular weight is 575 g/mol. The molecule has 0 saturated heterocycles. The second-order valence-electron chi connectivity index (χ2n) is 9.75. The first kappa shape index (κ1) is 28.3. The minimum Gasteiger partial charge on any atom is -0.490 e. The third-order valence-corrected chi connectivity index (χ3v) is 7.36. The Morgan fingerprint density at radius 1 is 1.02 bits per heavy atom. The Morgan fingerprint density at radius 3 is 2.45 bits per heavy atom. The van der Waals surface area contributed by atoms with E-state index < -0.39 is 11.8 Å². The average Bonchev–Trinajstić information content (AvgIpc) is 3.41. The molecular weight excluding hydrogens is 548 g/mol. The van der Waals surface area contributed by atoms with E-state index in [9.17, 15) is 14.9 Å². The predicted octanol–water partition coefficient (Wildman–Crippen LogP) is 6.86. The van der Waals surface area contributed by atoms with Crippen molar-refractivity contribution in [1.82, 2.24) is 14.7 Å². The number of imide groups is 1. The third kappa shape index (κ3) is 5.53. The van der Waals surface area contributed by atoms with Gasteiger partial charge in [0, 0.05) is 27.9 Å². The van der Waals surface area contributed by atoms with Crippen molar-refractivity contribution in [2.75, 3.05) is 6.61 Å². The van der Waals surface area contributed by atoms with E-state index in [0.717, 1.165) is 21.7 Å². The number of nitriles is 1. The lowest BCUT2D eigenvalue weighted by Crippen LogP contribution is -2.42. The number of benzene rings is 3. The van der Waals surface area contributed by atoms with Crippen LogP contribution in [-0.4, -0.2) is 33.1 Å². The standard InChI is InChI=1S/C34H27ClN4O3/c1-4-16-42-27-14-15-28(22(2)17-27)32-25(21-39(37-32)26-11-6-5-7-12-26)18-29-23(3)30(19-36)34(41)38(33(29)40)20-24-10-8-9-13-31(24)35/h4-15,17-18,21H,1,16,20H2,2-3H3/b29-18+. The predicted molar refractivity (Wildman–Crippen MR) is 163 cm³/mol. The maximum atomic E-state index is 13.9. The number of hydrogen-bond acceptors (Lipinski definition) is 5. The topological polar surface area (TPSA) is 88.2 Å².